The first-order valence-corrected chi connectivity index (χ1v) is 9.23. The van der Waals surface area contributed by atoms with Gasteiger partial charge in [0.25, 0.3) is 5.91 Å². The highest BCUT2D eigenvalue weighted by atomic mass is 32.2. The Bertz CT molecular complexity index is 790. The van der Waals surface area contributed by atoms with Crippen LogP contribution in [0.2, 0.25) is 0 Å². The molecule has 0 aliphatic carbocycles. The number of nitrogens with zero attached hydrogens (tertiary/aromatic N) is 4. The summed E-state index contributed by atoms with van der Waals surface area (Å²) < 4.78 is 0. The predicted molar refractivity (Wildman–Crippen MR) is 105 cm³/mol. The number of benzene rings is 1. The highest BCUT2D eigenvalue weighted by Crippen LogP contribution is 2.29. The lowest BCUT2D eigenvalue weighted by molar-refractivity contribution is -0.114. The van der Waals surface area contributed by atoms with Gasteiger partial charge in [0, 0.05) is 18.8 Å². The Morgan fingerprint density at radius 2 is 1.88 bits per heavy atom. The van der Waals surface area contributed by atoms with Crippen molar-refractivity contribution in [3.8, 4) is 0 Å². The van der Waals surface area contributed by atoms with Crippen LogP contribution in [-0.2, 0) is 4.79 Å². The summed E-state index contributed by atoms with van der Waals surface area (Å²) in [5, 5.41) is 15.4. The minimum atomic E-state index is -0.385. The number of aliphatic imine (C=N–C) groups is 1. The lowest BCUT2D eigenvalue weighted by Crippen LogP contribution is -2.35. The van der Waals surface area contributed by atoms with E-state index in [0.29, 0.717) is 5.17 Å². The number of carbonyl (C=O) groups is 1. The lowest BCUT2D eigenvalue weighted by atomic mass is 10.1. The van der Waals surface area contributed by atoms with Crippen LogP contribution in [-0.4, -0.2) is 40.1 Å². The normalized spacial score (nSPS) is 18.4. The highest BCUT2D eigenvalue weighted by Gasteiger charge is 2.34. The summed E-state index contributed by atoms with van der Waals surface area (Å²) in [6, 6.07) is 7.98. The van der Waals surface area contributed by atoms with E-state index in [1.54, 1.807) is 6.08 Å². The van der Waals surface area contributed by atoms with Gasteiger partial charge in [0.2, 0.25) is 5.17 Å². The van der Waals surface area contributed by atoms with Crippen LogP contribution in [0.1, 0.15) is 32.8 Å². The van der Waals surface area contributed by atoms with E-state index in [-0.39, 0.29) is 17.3 Å². The number of anilines is 1. The van der Waals surface area contributed by atoms with Gasteiger partial charge in [-0.25, -0.2) is 0 Å². The summed E-state index contributed by atoms with van der Waals surface area (Å²) in [6.45, 7) is 8.13. The number of hydrogen-bond acceptors (Lipinski definition) is 5. The van der Waals surface area contributed by atoms with Gasteiger partial charge in [0.1, 0.15) is 5.04 Å². The first kappa shape index (κ1) is 17.4. The molecule has 0 saturated heterocycles. The summed E-state index contributed by atoms with van der Waals surface area (Å²) in [5.41, 5.74) is 2.28. The quantitative estimate of drug-likeness (QED) is 0.820. The van der Waals surface area contributed by atoms with Crippen molar-refractivity contribution in [1.29, 1.82) is 5.41 Å². The Labute approximate surface area is 151 Å². The first-order valence-electron chi connectivity index (χ1n) is 8.41. The molecule has 0 saturated carbocycles. The van der Waals surface area contributed by atoms with Gasteiger partial charge in [-0.3, -0.25) is 10.2 Å². The number of fused-ring (bicyclic) bond motifs is 1. The lowest BCUT2D eigenvalue weighted by Gasteiger charge is -2.21. The van der Waals surface area contributed by atoms with E-state index in [9.17, 15) is 4.79 Å². The van der Waals surface area contributed by atoms with Crippen LogP contribution in [0.4, 0.5) is 5.69 Å². The molecule has 0 bridgehead atoms. The molecule has 1 aromatic carbocycles. The Morgan fingerprint density at radius 3 is 2.48 bits per heavy atom. The summed E-state index contributed by atoms with van der Waals surface area (Å²) in [7, 11) is 0. The first-order chi connectivity index (χ1) is 12.1. The number of carbonyl (C=O) groups excluding carboxylic acids is 1. The van der Waals surface area contributed by atoms with Crippen molar-refractivity contribution < 1.29 is 4.79 Å². The summed E-state index contributed by atoms with van der Waals surface area (Å²) in [5.74, 6) is -0.303. The van der Waals surface area contributed by atoms with Crippen LogP contribution in [0.15, 0.2) is 39.9 Å². The number of amidine groups is 2. The summed E-state index contributed by atoms with van der Waals surface area (Å²) in [4.78, 5) is 18.6. The van der Waals surface area contributed by atoms with Crippen molar-refractivity contribution in [2.75, 3.05) is 18.0 Å². The van der Waals surface area contributed by atoms with Gasteiger partial charge in [-0.2, -0.15) is 15.1 Å². The fourth-order valence-electron chi connectivity index (χ4n) is 2.71. The topological polar surface area (TPSA) is 72.1 Å². The molecule has 0 spiro atoms. The van der Waals surface area contributed by atoms with Crippen LogP contribution in [0.3, 0.4) is 0 Å². The van der Waals surface area contributed by atoms with Gasteiger partial charge in [0.15, 0.2) is 5.84 Å². The van der Waals surface area contributed by atoms with E-state index in [0.717, 1.165) is 35.8 Å². The maximum absolute atomic E-state index is 12.3. The van der Waals surface area contributed by atoms with Crippen molar-refractivity contribution in [1.82, 2.24) is 5.01 Å². The molecule has 6 nitrogen and oxygen atoms in total. The van der Waals surface area contributed by atoms with E-state index < -0.39 is 0 Å². The summed E-state index contributed by atoms with van der Waals surface area (Å²) >= 11 is 1.35. The second kappa shape index (κ2) is 7.23. The second-order valence-electron chi connectivity index (χ2n) is 5.63. The molecule has 2 aliphatic heterocycles. The van der Waals surface area contributed by atoms with Crippen molar-refractivity contribution in [3.63, 3.8) is 0 Å². The number of rotatable bonds is 5. The van der Waals surface area contributed by atoms with Crippen molar-refractivity contribution >= 4 is 45.5 Å². The van der Waals surface area contributed by atoms with Gasteiger partial charge >= 0.3 is 0 Å². The minimum Gasteiger partial charge on any atom is -0.372 e. The molecule has 2 heterocycles. The molecular weight excluding hydrogens is 334 g/mol. The molecule has 130 valence electrons. The van der Waals surface area contributed by atoms with Crippen molar-refractivity contribution in [2.24, 2.45) is 10.1 Å². The largest absolute Gasteiger partial charge is 0.372 e. The zero-order valence-corrected chi connectivity index (χ0v) is 15.4. The van der Waals surface area contributed by atoms with E-state index >= 15 is 0 Å². The molecule has 0 radical (unpaired) electrons. The average Bonchev–Trinajstić information content (AvgIpc) is 3.04. The third-order valence-corrected chi connectivity index (χ3v) is 5.18. The van der Waals surface area contributed by atoms with Crippen LogP contribution in [0, 0.1) is 5.41 Å². The van der Waals surface area contributed by atoms with Gasteiger partial charge in [-0.05, 0) is 55.8 Å². The molecule has 7 heteroatoms. The van der Waals surface area contributed by atoms with Gasteiger partial charge in [0.05, 0.1) is 5.57 Å². The molecule has 1 amide bonds. The Kier molecular flexibility index (Phi) is 5.03. The van der Waals surface area contributed by atoms with Gasteiger partial charge < -0.3 is 4.90 Å². The van der Waals surface area contributed by atoms with E-state index in [2.05, 4.69) is 28.8 Å². The van der Waals surface area contributed by atoms with Crippen LogP contribution in [0.25, 0.3) is 6.08 Å². The van der Waals surface area contributed by atoms with E-state index in [1.165, 1.54) is 16.8 Å². The molecule has 0 atom stereocenters. The second-order valence-corrected chi connectivity index (χ2v) is 6.67. The Balaban J connectivity index is 1.87. The zero-order valence-electron chi connectivity index (χ0n) is 14.6. The van der Waals surface area contributed by atoms with E-state index in [4.69, 9.17) is 5.41 Å². The maximum atomic E-state index is 12.3. The number of amides is 1. The molecule has 25 heavy (non-hydrogen) atoms. The summed E-state index contributed by atoms with van der Waals surface area (Å²) in [6.07, 6.45) is 2.47. The number of hydrazone groups is 1. The van der Waals surface area contributed by atoms with Crippen molar-refractivity contribution in [2.45, 2.75) is 27.2 Å². The molecule has 1 N–H and O–H groups in total. The molecule has 1 aromatic rings. The SMILES string of the molecule is CCC1=NN2C(=N)/C(=C\c3ccc(N(CC)CC)cc3)C(=O)N=C2S1. The van der Waals surface area contributed by atoms with Gasteiger partial charge in [-0.15, -0.1) is 0 Å². The molecule has 0 aromatic heterocycles. The van der Waals surface area contributed by atoms with Crippen LogP contribution in [0.5, 0.6) is 0 Å². The van der Waals surface area contributed by atoms with Crippen LogP contribution < -0.4 is 4.90 Å². The fraction of sp³-hybridized carbons (Fsp3) is 0.333. The Hall–Kier alpha value is -2.41. The minimum absolute atomic E-state index is 0.0822. The third-order valence-electron chi connectivity index (χ3n) is 4.13. The molecule has 2 aliphatic rings. The Morgan fingerprint density at radius 1 is 1.20 bits per heavy atom. The van der Waals surface area contributed by atoms with Crippen molar-refractivity contribution in [3.05, 3.63) is 35.4 Å². The molecule has 3 rings (SSSR count). The third kappa shape index (κ3) is 3.37. The molecule has 0 fully saturated rings. The average molecular weight is 355 g/mol. The highest BCUT2D eigenvalue weighted by molar-refractivity contribution is 8.26. The van der Waals surface area contributed by atoms with E-state index in [1.807, 2.05) is 31.2 Å². The zero-order chi connectivity index (χ0) is 18.0. The maximum Gasteiger partial charge on any atom is 0.283 e. The molecule has 0 unspecified atom stereocenters. The number of nitrogens with one attached hydrogen (secondary N) is 1. The monoisotopic (exact) mass is 355 g/mol. The standard InChI is InChI=1S/C18H21N5OS/c1-4-15-21-23-16(19)14(17(24)20-18(23)25-15)11-12-7-9-13(10-8-12)22(5-2)6-3/h7-11,19H,4-6H2,1-3H3/b14-11+,19-16?. The fourth-order valence-corrected chi connectivity index (χ4v) is 3.54. The predicted octanol–water partition coefficient (Wildman–Crippen LogP) is 3.56. The van der Waals surface area contributed by atoms with Crippen LogP contribution >= 0.6 is 11.8 Å². The smallest absolute Gasteiger partial charge is 0.283 e. The van der Waals surface area contributed by atoms with Gasteiger partial charge in [-0.1, -0.05) is 19.1 Å². The molecular formula is C18H21N5OS. The number of hydrogen-bond donors (Lipinski definition) is 1. The number of thioether (sulfide) groups is 1.